The molecule has 8 heteroatoms. The lowest BCUT2D eigenvalue weighted by Crippen LogP contribution is -2.19. The van der Waals surface area contributed by atoms with Gasteiger partial charge in [-0.2, -0.15) is 5.10 Å². The minimum Gasteiger partial charge on any atom is -0.462 e. The first-order valence-electron chi connectivity index (χ1n) is 7.70. The molecule has 0 bridgehead atoms. The zero-order chi connectivity index (χ0) is 16.4. The summed E-state index contributed by atoms with van der Waals surface area (Å²) in [6.07, 6.45) is 4.29. The van der Waals surface area contributed by atoms with Crippen molar-refractivity contribution < 1.29 is 13.9 Å². The molecule has 0 saturated carbocycles. The lowest BCUT2D eigenvalue weighted by molar-refractivity contribution is 0.102. The van der Waals surface area contributed by atoms with E-state index in [-0.39, 0.29) is 5.91 Å². The van der Waals surface area contributed by atoms with Crippen LogP contribution in [-0.4, -0.2) is 33.9 Å². The number of furan rings is 1. The summed E-state index contributed by atoms with van der Waals surface area (Å²) in [5.74, 6) is 1.50. The molecular weight excluding hydrogens is 328 g/mol. The van der Waals surface area contributed by atoms with Gasteiger partial charge in [0.15, 0.2) is 10.8 Å². The highest BCUT2D eigenvalue weighted by Gasteiger charge is 2.19. The number of rotatable bonds is 5. The molecular formula is C16H16N4O3S. The van der Waals surface area contributed by atoms with Crippen LogP contribution in [-0.2, 0) is 11.3 Å². The summed E-state index contributed by atoms with van der Waals surface area (Å²) in [5, 5.41) is 9.56. The van der Waals surface area contributed by atoms with E-state index in [0.717, 1.165) is 26.2 Å². The smallest absolute Gasteiger partial charge is 0.276 e. The van der Waals surface area contributed by atoms with Gasteiger partial charge in [0.25, 0.3) is 5.91 Å². The Balaban J connectivity index is 1.45. The van der Waals surface area contributed by atoms with E-state index >= 15 is 0 Å². The molecule has 1 unspecified atom stereocenters. The van der Waals surface area contributed by atoms with Gasteiger partial charge < -0.3 is 14.5 Å². The first-order chi connectivity index (χ1) is 11.8. The first kappa shape index (κ1) is 15.1. The Bertz CT molecular complexity index is 818. The van der Waals surface area contributed by atoms with Gasteiger partial charge in [-0.05, 0) is 18.6 Å². The zero-order valence-electron chi connectivity index (χ0n) is 12.8. The number of hydrogen-bond donors (Lipinski definition) is 1. The van der Waals surface area contributed by atoms with Crippen molar-refractivity contribution in [2.45, 2.75) is 13.0 Å². The summed E-state index contributed by atoms with van der Waals surface area (Å²) >= 11 is 1.37. The molecule has 7 nitrogen and oxygen atoms in total. The number of anilines is 1. The van der Waals surface area contributed by atoms with E-state index in [0.29, 0.717) is 28.2 Å². The van der Waals surface area contributed by atoms with Crippen molar-refractivity contribution >= 4 is 23.1 Å². The van der Waals surface area contributed by atoms with Gasteiger partial charge in [0.2, 0.25) is 0 Å². The molecule has 1 amide bonds. The highest BCUT2D eigenvalue weighted by molar-refractivity contribution is 7.13. The third-order valence-electron chi connectivity index (χ3n) is 3.88. The van der Waals surface area contributed by atoms with Crippen LogP contribution in [0.15, 0.2) is 40.5 Å². The predicted octanol–water partition coefficient (Wildman–Crippen LogP) is 2.89. The van der Waals surface area contributed by atoms with Crippen molar-refractivity contribution in [3.63, 3.8) is 0 Å². The lowest BCUT2D eigenvalue weighted by atomic mass is 10.1. The molecule has 1 aliphatic heterocycles. The zero-order valence-corrected chi connectivity index (χ0v) is 13.7. The van der Waals surface area contributed by atoms with E-state index in [1.54, 1.807) is 34.7 Å². The number of amides is 1. The minimum atomic E-state index is -0.256. The third-order valence-corrected chi connectivity index (χ3v) is 4.74. The number of aromatic nitrogens is 3. The van der Waals surface area contributed by atoms with Crippen molar-refractivity contribution in [3.05, 3.63) is 41.7 Å². The van der Waals surface area contributed by atoms with Crippen LogP contribution in [0, 0.1) is 5.92 Å². The number of carbonyl (C=O) groups excluding carboxylic acids is 1. The summed E-state index contributed by atoms with van der Waals surface area (Å²) in [7, 11) is 0. The molecule has 0 radical (unpaired) electrons. The van der Waals surface area contributed by atoms with Crippen LogP contribution in [0.25, 0.3) is 10.8 Å². The molecule has 3 aromatic rings. The fraction of sp³-hybridized carbons (Fsp3) is 0.312. The third kappa shape index (κ3) is 3.10. The van der Waals surface area contributed by atoms with Crippen LogP contribution in [0.3, 0.4) is 0 Å². The molecule has 4 rings (SSSR count). The van der Waals surface area contributed by atoms with Gasteiger partial charge in [0.05, 0.1) is 19.1 Å². The molecule has 1 saturated heterocycles. The van der Waals surface area contributed by atoms with Crippen molar-refractivity contribution in [2.24, 2.45) is 5.92 Å². The Morgan fingerprint density at radius 2 is 2.42 bits per heavy atom. The van der Waals surface area contributed by atoms with Crippen molar-refractivity contribution in [2.75, 3.05) is 18.5 Å². The maximum absolute atomic E-state index is 12.4. The van der Waals surface area contributed by atoms with Gasteiger partial charge in [0, 0.05) is 30.5 Å². The highest BCUT2D eigenvalue weighted by atomic mass is 32.1. The Morgan fingerprint density at radius 3 is 3.21 bits per heavy atom. The number of ether oxygens (including phenoxy) is 1. The monoisotopic (exact) mass is 344 g/mol. The molecule has 1 N–H and O–H groups in total. The minimum absolute atomic E-state index is 0.256. The Hall–Kier alpha value is -2.45. The second-order valence-electron chi connectivity index (χ2n) is 5.60. The number of hydrogen-bond acceptors (Lipinski definition) is 6. The molecule has 3 aromatic heterocycles. The highest BCUT2D eigenvalue weighted by Crippen LogP contribution is 2.24. The maximum atomic E-state index is 12.4. The standard InChI is InChI=1S/C16H16N4O3S/c21-15(12-10-24-16(18-12)13-2-1-6-23-13)19-14-3-5-17-20(14)8-11-4-7-22-9-11/h1-3,5-6,10-11H,4,7-9H2,(H,19,21). The number of nitrogens with one attached hydrogen (secondary N) is 1. The second-order valence-corrected chi connectivity index (χ2v) is 6.46. The van der Waals surface area contributed by atoms with E-state index in [2.05, 4.69) is 15.4 Å². The van der Waals surface area contributed by atoms with Gasteiger partial charge in [0.1, 0.15) is 11.5 Å². The van der Waals surface area contributed by atoms with E-state index in [1.165, 1.54) is 11.3 Å². The van der Waals surface area contributed by atoms with Crippen molar-refractivity contribution in [3.8, 4) is 10.8 Å². The number of carbonyl (C=O) groups is 1. The molecule has 0 aromatic carbocycles. The van der Waals surface area contributed by atoms with Crippen LogP contribution in [0.1, 0.15) is 16.9 Å². The van der Waals surface area contributed by atoms with Gasteiger partial charge in [-0.3, -0.25) is 4.79 Å². The fourth-order valence-electron chi connectivity index (χ4n) is 2.63. The molecule has 0 aliphatic carbocycles. The van der Waals surface area contributed by atoms with Gasteiger partial charge in [-0.1, -0.05) is 0 Å². The summed E-state index contributed by atoms with van der Waals surface area (Å²) in [6, 6.07) is 5.40. The Kier molecular flexibility index (Phi) is 4.14. The molecule has 0 spiro atoms. The van der Waals surface area contributed by atoms with E-state index < -0.39 is 0 Å². The number of thiazole rings is 1. The Morgan fingerprint density at radius 1 is 1.46 bits per heavy atom. The van der Waals surface area contributed by atoms with E-state index in [9.17, 15) is 4.79 Å². The summed E-state index contributed by atoms with van der Waals surface area (Å²) in [6.45, 7) is 2.27. The van der Waals surface area contributed by atoms with Crippen LogP contribution < -0.4 is 5.32 Å². The predicted molar refractivity (Wildman–Crippen MR) is 88.9 cm³/mol. The van der Waals surface area contributed by atoms with Crippen LogP contribution in [0.4, 0.5) is 5.82 Å². The molecule has 1 aliphatic rings. The van der Waals surface area contributed by atoms with Crippen molar-refractivity contribution in [1.29, 1.82) is 0 Å². The molecule has 4 heterocycles. The molecule has 1 atom stereocenters. The summed E-state index contributed by atoms with van der Waals surface area (Å²) < 4.78 is 12.5. The fourth-order valence-corrected chi connectivity index (χ4v) is 3.39. The van der Waals surface area contributed by atoms with Crippen LogP contribution in [0.2, 0.25) is 0 Å². The topological polar surface area (TPSA) is 82.2 Å². The van der Waals surface area contributed by atoms with Gasteiger partial charge in [-0.15, -0.1) is 11.3 Å². The summed E-state index contributed by atoms with van der Waals surface area (Å²) in [5.41, 5.74) is 0.364. The van der Waals surface area contributed by atoms with Crippen molar-refractivity contribution in [1.82, 2.24) is 14.8 Å². The number of nitrogens with zero attached hydrogens (tertiary/aromatic N) is 3. The SMILES string of the molecule is O=C(Nc1ccnn1CC1CCOC1)c1csc(-c2ccco2)n1. The molecule has 24 heavy (non-hydrogen) atoms. The van der Waals surface area contributed by atoms with Gasteiger partial charge in [-0.25, -0.2) is 9.67 Å². The van der Waals surface area contributed by atoms with Crippen LogP contribution >= 0.6 is 11.3 Å². The first-order valence-corrected chi connectivity index (χ1v) is 8.58. The largest absolute Gasteiger partial charge is 0.462 e. The maximum Gasteiger partial charge on any atom is 0.276 e. The lowest BCUT2D eigenvalue weighted by Gasteiger charge is -2.11. The van der Waals surface area contributed by atoms with E-state index in [4.69, 9.17) is 9.15 Å². The van der Waals surface area contributed by atoms with Gasteiger partial charge >= 0.3 is 0 Å². The normalized spacial score (nSPS) is 17.2. The van der Waals surface area contributed by atoms with Crippen LogP contribution in [0.5, 0.6) is 0 Å². The average molecular weight is 344 g/mol. The average Bonchev–Trinajstić information content (AvgIpc) is 3.37. The van der Waals surface area contributed by atoms with E-state index in [1.807, 2.05) is 6.07 Å². The Labute approximate surface area is 142 Å². The summed E-state index contributed by atoms with van der Waals surface area (Å²) in [4.78, 5) is 16.8. The molecule has 124 valence electrons. The quantitative estimate of drug-likeness (QED) is 0.769. The molecule has 1 fully saturated rings. The second kappa shape index (κ2) is 6.58.